The predicted molar refractivity (Wildman–Crippen MR) is 90.5 cm³/mol. The Labute approximate surface area is 147 Å². The standard InChI is InChI=1S/C15H20F3N5OS/c1-19-14(20-7-10(23(2)3)11-5-4-6-24-11)21-8-13-22-12(9-25-13)15(16,17)18/h4-6,9-10H,7-8H2,1-3H3,(H2,19,20,21). The lowest BCUT2D eigenvalue weighted by Crippen LogP contribution is -2.41. The molecule has 2 heterocycles. The molecule has 0 radical (unpaired) electrons. The number of alkyl halides is 3. The van der Waals surface area contributed by atoms with E-state index < -0.39 is 11.9 Å². The molecule has 2 aromatic heterocycles. The van der Waals surface area contributed by atoms with Crippen molar-refractivity contribution >= 4 is 17.3 Å². The van der Waals surface area contributed by atoms with E-state index in [1.165, 1.54) is 0 Å². The number of aromatic nitrogens is 1. The van der Waals surface area contributed by atoms with Crippen LogP contribution in [0.4, 0.5) is 13.2 Å². The Balaban J connectivity index is 1.89. The third kappa shape index (κ3) is 5.46. The molecular formula is C15H20F3N5OS. The molecule has 0 aromatic carbocycles. The molecule has 0 aliphatic carbocycles. The number of guanidine groups is 1. The van der Waals surface area contributed by atoms with Crippen LogP contribution in [-0.2, 0) is 12.7 Å². The van der Waals surface area contributed by atoms with Gasteiger partial charge in [-0.15, -0.1) is 11.3 Å². The zero-order valence-corrected chi connectivity index (χ0v) is 14.9. The largest absolute Gasteiger partial charge is 0.468 e. The molecule has 10 heteroatoms. The lowest BCUT2D eigenvalue weighted by molar-refractivity contribution is -0.140. The molecule has 0 spiro atoms. The second-order valence-electron chi connectivity index (χ2n) is 5.43. The Morgan fingerprint density at radius 3 is 2.68 bits per heavy atom. The van der Waals surface area contributed by atoms with E-state index in [0.717, 1.165) is 22.5 Å². The predicted octanol–water partition coefficient (Wildman–Crippen LogP) is 2.72. The van der Waals surface area contributed by atoms with Gasteiger partial charge in [0.2, 0.25) is 0 Å². The monoisotopic (exact) mass is 375 g/mol. The number of halogens is 3. The molecule has 2 aromatic rings. The van der Waals surface area contributed by atoms with E-state index in [1.54, 1.807) is 13.3 Å². The van der Waals surface area contributed by atoms with Crippen molar-refractivity contribution in [2.24, 2.45) is 4.99 Å². The summed E-state index contributed by atoms with van der Waals surface area (Å²) >= 11 is 0.957. The maximum atomic E-state index is 12.6. The Bertz CT molecular complexity index is 682. The maximum absolute atomic E-state index is 12.6. The highest BCUT2D eigenvalue weighted by atomic mass is 32.1. The van der Waals surface area contributed by atoms with Crippen LogP contribution in [0.1, 0.15) is 22.5 Å². The van der Waals surface area contributed by atoms with Crippen LogP contribution in [0, 0.1) is 0 Å². The van der Waals surface area contributed by atoms with Crippen molar-refractivity contribution in [3.05, 3.63) is 40.2 Å². The van der Waals surface area contributed by atoms with Gasteiger partial charge in [0.05, 0.1) is 18.8 Å². The smallest absolute Gasteiger partial charge is 0.434 e. The van der Waals surface area contributed by atoms with Crippen molar-refractivity contribution in [1.82, 2.24) is 20.5 Å². The summed E-state index contributed by atoms with van der Waals surface area (Å²) in [4.78, 5) is 9.64. The minimum Gasteiger partial charge on any atom is -0.468 e. The molecule has 1 unspecified atom stereocenters. The molecular weight excluding hydrogens is 355 g/mol. The molecule has 0 aliphatic heterocycles. The summed E-state index contributed by atoms with van der Waals surface area (Å²) < 4.78 is 43.1. The molecule has 0 saturated heterocycles. The fourth-order valence-electron chi connectivity index (χ4n) is 2.11. The second-order valence-corrected chi connectivity index (χ2v) is 6.37. The van der Waals surface area contributed by atoms with Gasteiger partial charge >= 0.3 is 6.18 Å². The van der Waals surface area contributed by atoms with Crippen LogP contribution in [0.3, 0.4) is 0 Å². The quantitative estimate of drug-likeness (QED) is 0.600. The zero-order valence-electron chi connectivity index (χ0n) is 14.1. The molecule has 0 fully saturated rings. The van der Waals surface area contributed by atoms with Crippen LogP contribution < -0.4 is 10.6 Å². The molecule has 2 rings (SSSR count). The van der Waals surface area contributed by atoms with Gasteiger partial charge in [-0.1, -0.05) is 0 Å². The lowest BCUT2D eigenvalue weighted by atomic mass is 10.2. The van der Waals surface area contributed by atoms with E-state index in [1.807, 2.05) is 31.1 Å². The van der Waals surface area contributed by atoms with Crippen molar-refractivity contribution in [2.75, 3.05) is 27.7 Å². The first-order valence-corrected chi connectivity index (χ1v) is 8.35. The molecule has 6 nitrogen and oxygen atoms in total. The molecule has 2 N–H and O–H groups in total. The summed E-state index contributed by atoms with van der Waals surface area (Å²) in [5.74, 6) is 1.28. The van der Waals surface area contributed by atoms with Crippen LogP contribution in [0.5, 0.6) is 0 Å². The average Bonchev–Trinajstić information content (AvgIpc) is 3.21. The van der Waals surface area contributed by atoms with Gasteiger partial charge in [0.25, 0.3) is 0 Å². The average molecular weight is 375 g/mol. The van der Waals surface area contributed by atoms with Crippen LogP contribution in [-0.4, -0.2) is 43.5 Å². The van der Waals surface area contributed by atoms with Crippen LogP contribution >= 0.6 is 11.3 Å². The number of hydrogen-bond acceptors (Lipinski definition) is 5. The topological polar surface area (TPSA) is 65.7 Å². The van der Waals surface area contributed by atoms with E-state index >= 15 is 0 Å². The summed E-state index contributed by atoms with van der Waals surface area (Å²) in [6.45, 7) is 0.680. The zero-order chi connectivity index (χ0) is 18.4. The normalized spacial score (nSPS) is 14.0. The van der Waals surface area contributed by atoms with Gasteiger partial charge in [-0.05, 0) is 26.2 Å². The van der Waals surface area contributed by atoms with Crippen molar-refractivity contribution in [3.8, 4) is 0 Å². The van der Waals surface area contributed by atoms with Gasteiger partial charge in [0.1, 0.15) is 10.8 Å². The highest BCUT2D eigenvalue weighted by molar-refractivity contribution is 7.09. The number of furan rings is 1. The van der Waals surface area contributed by atoms with Crippen molar-refractivity contribution in [3.63, 3.8) is 0 Å². The highest BCUT2D eigenvalue weighted by Crippen LogP contribution is 2.29. The second kappa shape index (κ2) is 8.34. The van der Waals surface area contributed by atoms with Gasteiger partial charge in [0, 0.05) is 19.0 Å². The van der Waals surface area contributed by atoms with E-state index in [-0.39, 0.29) is 12.6 Å². The van der Waals surface area contributed by atoms with Gasteiger partial charge in [-0.3, -0.25) is 9.89 Å². The number of hydrogen-bond donors (Lipinski definition) is 2. The maximum Gasteiger partial charge on any atom is 0.434 e. The Kier molecular flexibility index (Phi) is 6.43. The highest BCUT2D eigenvalue weighted by Gasteiger charge is 2.33. The summed E-state index contributed by atoms with van der Waals surface area (Å²) in [6, 6.07) is 3.70. The third-order valence-corrected chi connectivity index (χ3v) is 4.28. The van der Waals surface area contributed by atoms with E-state index in [4.69, 9.17) is 4.42 Å². The molecule has 138 valence electrons. The van der Waals surface area contributed by atoms with E-state index in [0.29, 0.717) is 17.5 Å². The number of rotatable bonds is 6. The Morgan fingerprint density at radius 2 is 2.16 bits per heavy atom. The fourth-order valence-corrected chi connectivity index (χ4v) is 2.85. The summed E-state index contributed by atoms with van der Waals surface area (Å²) in [6.07, 6.45) is -2.81. The van der Waals surface area contributed by atoms with E-state index in [9.17, 15) is 13.2 Å². The first-order valence-electron chi connectivity index (χ1n) is 7.47. The van der Waals surface area contributed by atoms with Crippen LogP contribution in [0.2, 0.25) is 0 Å². The fraction of sp³-hybridized carbons (Fsp3) is 0.467. The minimum atomic E-state index is -4.42. The number of nitrogens with one attached hydrogen (secondary N) is 2. The Hall–Kier alpha value is -2.07. The van der Waals surface area contributed by atoms with Gasteiger partial charge in [-0.25, -0.2) is 4.98 Å². The summed E-state index contributed by atoms with van der Waals surface area (Å²) in [5, 5.41) is 7.44. The number of aliphatic imine (C=N–C) groups is 1. The molecule has 0 bridgehead atoms. The first kappa shape index (κ1) is 19.3. The minimum absolute atomic E-state index is 0.00903. The SMILES string of the molecule is CN=C(NCc1nc(C(F)(F)F)cs1)NCC(c1ccco1)N(C)C. The third-order valence-electron chi connectivity index (χ3n) is 3.43. The van der Waals surface area contributed by atoms with Crippen molar-refractivity contribution < 1.29 is 17.6 Å². The molecule has 0 amide bonds. The Morgan fingerprint density at radius 1 is 1.40 bits per heavy atom. The molecule has 25 heavy (non-hydrogen) atoms. The van der Waals surface area contributed by atoms with Crippen LogP contribution in [0.15, 0.2) is 33.2 Å². The van der Waals surface area contributed by atoms with Gasteiger partial charge in [-0.2, -0.15) is 13.2 Å². The lowest BCUT2D eigenvalue weighted by Gasteiger charge is -2.23. The first-order chi connectivity index (χ1) is 11.8. The van der Waals surface area contributed by atoms with Gasteiger partial charge in [0.15, 0.2) is 11.7 Å². The van der Waals surface area contributed by atoms with Gasteiger partial charge < -0.3 is 15.1 Å². The number of nitrogens with zero attached hydrogens (tertiary/aromatic N) is 3. The van der Waals surface area contributed by atoms with Crippen molar-refractivity contribution in [1.29, 1.82) is 0 Å². The molecule has 1 atom stereocenters. The summed E-state index contributed by atoms with van der Waals surface area (Å²) in [7, 11) is 5.45. The number of thiazole rings is 1. The van der Waals surface area contributed by atoms with Crippen LogP contribution in [0.25, 0.3) is 0 Å². The molecule has 0 aliphatic rings. The van der Waals surface area contributed by atoms with Crippen molar-refractivity contribution in [2.45, 2.75) is 18.8 Å². The summed E-state index contributed by atoms with van der Waals surface area (Å²) in [5.41, 5.74) is -0.872. The number of likely N-dealkylation sites (N-methyl/N-ethyl adjacent to an activating group) is 1. The molecule has 0 saturated carbocycles. The van der Waals surface area contributed by atoms with E-state index in [2.05, 4.69) is 20.6 Å².